The minimum atomic E-state index is -0.746. The number of carbonyl (C=O) groups is 1. The molecular weight excluding hydrogens is 304 g/mol. The Bertz CT molecular complexity index is 868. The van der Waals surface area contributed by atoms with Gasteiger partial charge in [0.15, 0.2) is 0 Å². The lowest BCUT2D eigenvalue weighted by Gasteiger charge is -2.13. The van der Waals surface area contributed by atoms with Gasteiger partial charge in [-0.15, -0.1) is 0 Å². The summed E-state index contributed by atoms with van der Waals surface area (Å²) < 4.78 is 5.46. The summed E-state index contributed by atoms with van der Waals surface area (Å²) in [4.78, 5) is 15.3. The van der Waals surface area contributed by atoms with Gasteiger partial charge >= 0.3 is 0 Å². The number of H-pyrrole nitrogens is 1. The molecule has 1 aromatic heterocycles. The predicted octanol–water partition coefficient (Wildman–Crippen LogP) is 2.57. The molecule has 0 bridgehead atoms. The monoisotopic (exact) mass is 322 g/mol. The predicted molar refractivity (Wildman–Crippen MR) is 91.2 cm³/mol. The number of aliphatic hydroxyl groups excluding tert-OH is 1. The van der Waals surface area contributed by atoms with Gasteiger partial charge in [0, 0.05) is 23.9 Å². The number of carbonyl (C=O) groups excluding carboxylic acids is 1. The number of rotatable bonds is 4. The van der Waals surface area contributed by atoms with E-state index in [4.69, 9.17) is 4.74 Å². The number of hydrogen-bond acceptors (Lipinski definition) is 3. The van der Waals surface area contributed by atoms with Gasteiger partial charge < -0.3 is 20.1 Å². The maximum Gasteiger partial charge on any atom is 0.267 e. The summed E-state index contributed by atoms with van der Waals surface area (Å²) in [5, 5.41) is 14.1. The Hall–Kier alpha value is -2.79. The maximum atomic E-state index is 12.3. The average molecular weight is 322 g/mol. The van der Waals surface area contributed by atoms with Crippen LogP contribution in [0.1, 0.15) is 27.7 Å². The number of para-hydroxylation sites is 1. The summed E-state index contributed by atoms with van der Waals surface area (Å²) in [5.74, 6) is 0.655. The van der Waals surface area contributed by atoms with Gasteiger partial charge in [-0.3, -0.25) is 4.79 Å². The molecule has 0 unspecified atom stereocenters. The molecule has 0 saturated heterocycles. The third-order valence-corrected chi connectivity index (χ3v) is 4.33. The van der Waals surface area contributed by atoms with Crippen LogP contribution in [0.2, 0.25) is 0 Å². The second-order valence-electron chi connectivity index (χ2n) is 5.96. The normalized spacial score (nSPS) is 14.2. The van der Waals surface area contributed by atoms with E-state index in [0.29, 0.717) is 12.3 Å². The maximum absolute atomic E-state index is 12.3. The van der Waals surface area contributed by atoms with Crippen molar-refractivity contribution in [3.63, 3.8) is 0 Å². The molecule has 5 nitrogen and oxygen atoms in total. The van der Waals surface area contributed by atoms with E-state index >= 15 is 0 Å². The van der Waals surface area contributed by atoms with Gasteiger partial charge in [0.1, 0.15) is 11.4 Å². The molecule has 1 aliphatic rings. The van der Waals surface area contributed by atoms with Gasteiger partial charge in [0.25, 0.3) is 5.91 Å². The first-order valence-electron chi connectivity index (χ1n) is 8.00. The van der Waals surface area contributed by atoms with Crippen molar-refractivity contribution < 1.29 is 14.6 Å². The fourth-order valence-corrected chi connectivity index (χ4v) is 3.01. The van der Waals surface area contributed by atoms with Crippen LogP contribution in [0.25, 0.3) is 10.9 Å². The zero-order valence-corrected chi connectivity index (χ0v) is 13.1. The molecule has 1 amide bonds. The Morgan fingerprint density at radius 2 is 2.12 bits per heavy atom. The summed E-state index contributed by atoms with van der Waals surface area (Å²) >= 11 is 0. The molecule has 0 fully saturated rings. The second-order valence-corrected chi connectivity index (χ2v) is 5.96. The number of nitrogens with one attached hydrogen (secondary N) is 2. The van der Waals surface area contributed by atoms with Crippen LogP contribution in [-0.2, 0) is 6.42 Å². The quantitative estimate of drug-likeness (QED) is 0.691. The number of benzene rings is 2. The fourth-order valence-electron chi connectivity index (χ4n) is 3.01. The van der Waals surface area contributed by atoms with Crippen LogP contribution in [0.15, 0.2) is 48.5 Å². The SMILES string of the molecule is O=C(NC[C@H](O)c1ccc2c(c1)CCO2)c1cc2ccccc2[nH]1. The summed E-state index contributed by atoms with van der Waals surface area (Å²) in [5.41, 5.74) is 3.30. The lowest BCUT2D eigenvalue weighted by molar-refractivity contribution is 0.0912. The Kier molecular flexibility index (Phi) is 3.70. The van der Waals surface area contributed by atoms with Crippen molar-refractivity contribution in [3.8, 4) is 5.75 Å². The van der Waals surface area contributed by atoms with Crippen LogP contribution < -0.4 is 10.1 Å². The molecule has 3 N–H and O–H groups in total. The first kappa shape index (κ1) is 14.8. The molecule has 2 aromatic carbocycles. The van der Waals surface area contributed by atoms with Crippen LogP contribution in [0, 0.1) is 0 Å². The highest BCUT2D eigenvalue weighted by Gasteiger charge is 2.17. The molecule has 0 aliphatic carbocycles. The molecule has 4 rings (SSSR count). The number of aromatic amines is 1. The molecule has 122 valence electrons. The molecule has 5 heteroatoms. The Balaban J connectivity index is 1.43. The molecule has 1 aliphatic heterocycles. The van der Waals surface area contributed by atoms with Gasteiger partial charge in [0.05, 0.1) is 12.7 Å². The molecule has 0 radical (unpaired) electrons. The van der Waals surface area contributed by atoms with E-state index in [0.717, 1.165) is 34.2 Å². The number of aromatic nitrogens is 1. The van der Waals surface area contributed by atoms with E-state index in [-0.39, 0.29) is 12.5 Å². The van der Waals surface area contributed by atoms with E-state index in [2.05, 4.69) is 10.3 Å². The van der Waals surface area contributed by atoms with Crippen molar-refractivity contribution in [2.24, 2.45) is 0 Å². The number of aliphatic hydroxyl groups is 1. The molecular formula is C19H18N2O3. The van der Waals surface area contributed by atoms with Gasteiger partial charge in [-0.05, 0) is 35.4 Å². The Labute approximate surface area is 139 Å². The lowest BCUT2D eigenvalue weighted by Crippen LogP contribution is -2.28. The summed E-state index contributed by atoms with van der Waals surface area (Å²) in [6, 6.07) is 15.2. The van der Waals surface area contributed by atoms with Gasteiger partial charge in [0.2, 0.25) is 0 Å². The number of amides is 1. The lowest BCUT2D eigenvalue weighted by atomic mass is 10.0. The Morgan fingerprint density at radius 3 is 3.00 bits per heavy atom. The van der Waals surface area contributed by atoms with E-state index < -0.39 is 6.10 Å². The van der Waals surface area contributed by atoms with E-state index in [1.807, 2.05) is 48.5 Å². The van der Waals surface area contributed by atoms with Crippen molar-refractivity contribution >= 4 is 16.8 Å². The average Bonchev–Trinajstić information content (AvgIpc) is 3.24. The van der Waals surface area contributed by atoms with E-state index in [9.17, 15) is 9.90 Å². The number of ether oxygens (including phenoxy) is 1. The smallest absolute Gasteiger partial charge is 0.267 e. The second kappa shape index (κ2) is 6.02. The van der Waals surface area contributed by atoms with Crippen LogP contribution in [0.4, 0.5) is 0 Å². The van der Waals surface area contributed by atoms with Crippen molar-refractivity contribution in [1.82, 2.24) is 10.3 Å². The minimum absolute atomic E-state index is 0.161. The van der Waals surface area contributed by atoms with Crippen molar-refractivity contribution in [2.45, 2.75) is 12.5 Å². The largest absolute Gasteiger partial charge is 0.493 e. The highest BCUT2D eigenvalue weighted by Crippen LogP contribution is 2.28. The van der Waals surface area contributed by atoms with Gasteiger partial charge in [-0.2, -0.15) is 0 Å². The highest BCUT2D eigenvalue weighted by atomic mass is 16.5. The van der Waals surface area contributed by atoms with Crippen LogP contribution in [-0.4, -0.2) is 29.1 Å². The topological polar surface area (TPSA) is 74.3 Å². The molecule has 0 saturated carbocycles. The first-order chi connectivity index (χ1) is 11.7. The molecule has 0 spiro atoms. The number of hydrogen-bond donors (Lipinski definition) is 3. The van der Waals surface area contributed by atoms with Crippen molar-refractivity contribution in [1.29, 1.82) is 0 Å². The van der Waals surface area contributed by atoms with E-state index in [1.54, 1.807) is 0 Å². The third-order valence-electron chi connectivity index (χ3n) is 4.33. The minimum Gasteiger partial charge on any atom is -0.493 e. The van der Waals surface area contributed by atoms with Crippen molar-refractivity contribution in [2.75, 3.05) is 13.2 Å². The Morgan fingerprint density at radius 1 is 1.25 bits per heavy atom. The first-order valence-corrected chi connectivity index (χ1v) is 8.00. The zero-order valence-electron chi connectivity index (χ0n) is 13.1. The standard InChI is InChI=1S/C19H18N2O3/c22-17(13-5-6-18-14(9-13)7-8-24-18)11-20-19(23)16-10-12-3-1-2-4-15(12)21-16/h1-6,9-10,17,21-22H,7-8,11H2,(H,20,23)/t17-/m0/s1. The molecule has 24 heavy (non-hydrogen) atoms. The summed E-state index contributed by atoms with van der Waals surface area (Å²) in [6.07, 6.45) is 0.112. The fraction of sp³-hybridized carbons (Fsp3) is 0.211. The highest BCUT2D eigenvalue weighted by molar-refractivity contribution is 5.97. The van der Waals surface area contributed by atoms with Crippen LogP contribution in [0.5, 0.6) is 5.75 Å². The van der Waals surface area contributed by atoms with Crippen LogP contribution >= 0.6 is 0 Å². The van der Waals surface area contributed by atoms with Crippen molar-refractivity contribution in [3.05, 3.63) is 65.4 Å². The summed E-state index contributed by atoms with van der Waals surface area (Å²) in [6.45, 7) is 0.847. The van der Waals surface area contributed by atoms with Gasteiger partial charge in [-0.1, -0.05) is 24.3 Å². The van der Waals surface area contributed by atoms with Gasteiger partial charge in [-0.25, -0.2) is 0 Å². The molecule has 1 atom stereocenters. The molecule has 2 heterocycles. The number of fused-ring (bicyclic) bond motifs is 2. The molecule has 3 aromatic rings. The van der Waals surface area contributed by atoms with E-state index in [1.165, 1.54) is 0 Å². The van der Waals surface area contributed by atoms with Crippen LogP contribution in [0.3, 0.4) is 0 Å². The summed E-state index contributed by atoms with van der Waals surface area (Å²) in [7, 11) is 0. The third kappa shape index (κ3) is 2.74. The zero-order chi connectivity index (χ0) is 16.5.